The van der Waals surface area contributed by atoms with Gasteiger partial charge in [-0.3, -0.25) is 4.90 Å². The molecule has 1 saturated heterocycles. The molecular formula is C14H28N2. The summed E-state index contributed by atoms with van der Waals surface area (Å²) in [4.78, 5) is 2.76. The number of nitrogens with two attached hydrogens (primary N) is 1. The molecule has 2 fully saturated rings. The largest absolute Gasteiger partial charge is 0.326 e. The third-order valence-corrected chi connectivity index (χ3v) is 4.83. The van der Waals surface area contributed by atoms with Crippen LogP contribution in [0.15, 0.2) is 0 Å². The zero-order chi connectivity index (χ0) is 11.7. The third kappa shape index (κ3) is 2.28. The lowest BCUT2D eigenvalue weighted by Gasteiger charge is -2.43. The minimum atomic E-state index is 0.422. The smallest absolute Gasteiger partial charge is 0.0255 e. The Morgan fingerprint density at radius 2 is 1.88 bits per heavy atom. The predicted octanol–water partition coefficient (Wildman–Crippen LogP) is 2.77. The summed E-state index contributed by atoms with van der Waals surface area (Å²) >= 11 is 0. The van der Waals surface area contributed by atoms with Gasteiger partial charge >= 0.3 is 0 Å². The van der Waals surface area contributed by atoms with Crippen LogP contribution in [-0.2, 0) is 0 Å². The van der Waals surface area contributed by atoms with Crippen LogP contribution in [0.25, 0.3) is 0 Å². The molecule has 5 unspecified atom stereocenters. The lowest BCUT2D eigenvalue weighted by atomic mass is 9.82. The van der Waals surface area contributed by atoms with E-state index in [0.29, 0.717) is 12.1 Å². The van der Waals surface area contributed by atoms with Crippen LogP contribution >= 0.6 is 0 Å². The molecule has 0 aromatic rings. The van der Waals surface area contributed by atoms with Crippen molar-refractivity contribution in [3.63, 3.8) is 0 Å². The number of hydrogen-bond donors (Lipinski definition) is 1. The summed E-state index contributed by atoms with van der Waals surface area (Å²) in [5, 5.41) is 0. The van der Waals surface area contributed by atoms with Crippen molar-refractivity contribution in [2.45, 2.75) is 83.5 Å². The maximum atomic E-state index is 6.36. The molecule has 1 aliphatic heterocycles. The summed E-state index contributed by atoms with van der Waals surface area (Å²) in [6.07, 6.45) is 7.93. The fourth-order valence-corrected chi connectivity index (χ4v) is 3.82. The predicted molar refractivity (Wildman–Crippen MR) is 69.4 cm³/mol. The minimum Gasteiger partial charge on any atom is -0.326 e. The van der Waals surface area contributed by atoms with E-state index >= 15 is 0 Å². The second kappa shape index (κ2) is 5.05. The average molecular weight is 224 g/mol. The van der Waals surface area contributed by atoms with Gasteiger partial charge < -0.3 is 5.73 Å². The van der Waals surface area contributed by atoms with Crippen molar-refractivity contribution in [3.05, 3.63) is 0 Å². The van der Waals surface area contributed by atoms with Crippen LogP contribution in [0.4, 0.5) is 0 Å². The summed E-state index contributed by atoms with van der Waals surface area (Å²) in [7, 11) is 0. The molecule has 0 bridgehead atoms. The summed E-state index contributed by atoms with van der Waals surface area (Å²) in [6, 6.07) is 2.64. The van der Waals surface area contributed by atoms with E-state index in [2.05, 4.69) is 25.7 Å². The Hall–Kier alpha value is -0.0800. The number of rotatable bonds is 2. The van der Waals surface area contributed by atoms with E-state index in [1.807, 2.05) is 0 Å². The fourth-order valence-electron chi connectivity index (χ4n) is 3.82. The number of nitrogens with zero attached hydrogens (tertiary/aromatic N) is 1. The van der Waals surface area contributed by atoms with Crippen molar-refractivity contribution in [2.75, 3.05) is 0 Å². The zero-order valence-electron chi connectivity index (χ0n) is 11.2. The molecule has 1 heterocycles. The molecule has 2 heteroatoms. The van der Waals surface area contributed by atoms with Crippen molar-refractivity contribution >= 4 is 0 Å². The molecule has 2 rings (SSSR count). The summed E-state index contributed by atoms with van der Waals surface area (Å²) in [5.74, 6) is 0.870. The van der Waals surface area contributed by atoms with Crippen molar-refractivity contribution in [2.24, 2.45) is 11.7 Å². The van der Waals surface area contributed by atoms with E-state index in [-0.39, 0.29) is 0 Å². The highest BCUT2D eigenvalue weighted by atomic mass is 15.2. The van der Waals surface area contributed by atoms with E-state index in [0.717, 1.165) is 18.0 Å². The van der Waals surface area contributed by atoms with E-state index in [1.165, 1.54) is 38.5 Å². The summed E-state index contributed by atoms with van der Waals surface area (Å²) < 4.78 is 0. The molecule has 0 aromatic carbocycles. The Bertz CT molecular complexity index is 229. The van der Waals surface area contributed by atoms with Gasteiger partial charge in [0.05, 0.1) is 0 Å². The van der Waals surface area contributed by atoms with E-state index in [9.17, 15) is 0 Å². The fraction of sp³-hybridized carbons (Fsp3) is 1.00. The summed E-state index contributed by atoms with van der Waals surface area (Å²) in [5.41, 5.74) is 6.36. The maximum absolute atomic E-state index is 6.36. The molecule has 0 radical (unpaired) electrons. The Kier molecular flexibility index (Phi) is 3.91. The Balaban J connectivity index is 2.08. The molecule has 16 heavy (non-hydrogen) atoms. The Morgan fingerprint density at radius 3 is 2.56 bits per heavy atom. The lowest BCUT2D eigenvalue weighted by Crippen LogP contribution is -2.54. The van der Waals surface area contributed by atoms with Crippen LogP contribution in [0.2, 0.25) is 0 Å². The van der Waals surface area contributed by atoms with Crippen LogP contribution in [0, 0.1) is 5.92 Å². The van der Waals surface area contributed by atoms with Gasteiger partial charge in [0.1, 0.15) is 0 Å². The standard InChI is InChI=1S/C14H28N2/c1-4-12-7-6-11(3)16(12)14-9-10(2)5-8-13(14)15/h10-14H,4-9,15H2,1-3H3. The highest BCUT2D eigenvalue weighted by Gasteiger charge is 2.39. The average Bonchev–Trinajstić information content (AvgIpc) is 2.63. The number of hydrogen-bond acceptors (Lipinski definition) is 2. The van der Waals surface area contributed by atoms with Crippen molar-refractivity contribution in [1.82, 2.24) is 4.90 Å². The molecule has 94 valence electrons. The molecule has 2 aliphatic rings. The second-order valence-electron chi connectivity index (χ2n) is 6.09. The van der Waals surface area contributed by atoms with Gasteiger partial charge in [-0.1, -0.05) is 13.8 Å². The van der Waals surface area contributed by atoms with Crippen LogP contribution < -0.4 is 5.73 Å². The first-order valence-electron chi connectivity index (χ1n) is 7.16. The topological polar surface area (TPSA) is 29.3 Å². The van der Waals surface area contributed by atoms with Crippen LogP contribution in [0.3, 0.4) is 0 Å². The molecule has 1 saturated carbocycles. The molecule has 1 aliphatic carbocycles. The van der Waals surface area contributed by atoms with Crippen LogP contribution in [0.5, 0.6) is 0 Å². The monoisotopic (exact) mass is 224 g/mol. The zero-order valence-corrected chi connectivity index (χ0v) is 11.2. The highest BCUT2D eigenvalue weighted by Crippen LogP contribution is 2.35. The minimum absolute atomic E-state index is 0.422. The molecule has 5 atom stereocenters. The molecular weight excluding hydrogens is 196 g/mol. The van der Waals surface area contributed by atoms with E-state index < -0.39 is 0 Å². The SMILES string of the molecule is CCC1CCC(C)N1C1CC(C)CCC1N. The summed E-state index contributed by atoms with van der Waals surface area (Å²) in [6.45, 7) is 7.11. The Morgan fingerprint density at radius 1 is 1.12 bits per heavy atom. The highest BCUT2D eigenvalue weighted by molar-refractivity contribution is 4.96. The molecule has 2 N–H and O–H groups in total. The second-order valence-corrected chi connectivity index (χ2v) is 6.09. The van der Waals surface area contributed by atoms with Crippen molar-refractivity contribution in [1.29, 1.82) is 0 Å². The quantitative estimate of drug-likeness (QED) is 0.781. The van der Waals surface area contributed by atoms with Gasteiger partial charge in [-0.15, -0.1) is 0 Å². The molecule has 2 nitrogen and oxygen atoms in total. The first kappa shape index (κ1) is 12.4. The van der Waals surface area contributed by atoms with Crippen molar-refractivity contribution in [3.8, 4) is 0 Å². The van der Waals surface area contributed by atoms with Crippen LogP contribution in [-0.4, -0.2) is 29.1 Å². The van der Waals surface area contributed by atoms with Crippen LogP contribution in [0.1, 0.15) is 59.3 Å². The third-order valence-electron chi connectivity index (χ3n) is 4.83. The van der Waals surface area contributed by atoms with Gasteiger partial charge in [-0.05, 0) is 51.4 Å². The first-order valence-corrected chi connectivity index (χ1v) is 7.16. The van der Waals surface area contributed by atoms with Gasteiger partial charge in [0.2, 0.25) is 0 Å². The van der Waals surface area contributed by atoms with Gasteiger partial charge in [0.25, 0.3) is 0 Å². The number of likely N-dealkylation sites (tertiary alicyclic amines) is 1. The van der Waals surface area contributed by atoms with Crippen molar-refractivity contribution < 1.29 is 0 Å². The molecule has 0 aromatic heterocycles. The Labute approximate surface area is 101 Å². The van der Waals surface area contributed by atoms with Gasteiger partial charge in [-0.2, -0.15) is 0 Å². The first-order chi connectivity index (χ1) is 7.63. The molecule has 0 amide bonds. The van der Waals surface area contributed by atoms with Gasteiger partial charge in [0, 0.05) is 24.2 Å². The normalized spacial score (nSPS) is 46.1. The van der Waals surface area contributed by atoms with Gasteiger partial charge in [0.15, 0.2) is 0 Å². The maximum Gasteiger partial charge on any atom is 0.0255 e. The van der Waals surface area contributed by atoms with Gasteiger partial charge in [-0.25, -0.2) is 0 Å². The lowest BCUT2D eigenvalue weighted by molar-refractivity contribution is 0.0733. The molecule has 0 spiro atoms. The van der Waals surface area contributed by atoms with E-state index in [4.69, 9.17) is 5.73 Å². The van der Waals surface area contributed by atoms with E-state index in [1.54, 1.807) is 0 Å².